The highest BCUT2D eigenvalue weighted by Crippen LogP contribution is 2.15. The van der Waals surface area contributed by atoms with Gasteiger partial charge in [0.1, 0.15) is 0 Å². The number of guanidine groups is 1. The van der Waals surface area contributed by atoms with E-state index >= 15 is 0 Å². The highest BCUT2D eigenvalue weighted by Gasteiger charge is 2.19. The summed E-state index contributed by atoms with van der Waals surface area (Å²) >= 11 is 0. The molecule has 1 fully saturated rings. The van der Waals surface area contributed by atoms with Crippen LogP contribution in [0.2, 0.25) is 0 Å². The molecule has 0 amide bonds. The summed E-state index contributed by atoms with van der Waals surface area (Å²) in [6, 6.07) is 10.4. The van der Waals surface area contributed by atoms with Crippen molar-refractivity contribution in [3.05, 3.63) is 30.3 Å². The maximum absolute atomic E-state index is 11.5. The molecule has 0 unspecified atom stereocenters. The van der Waals surface area contributed by atoms with Gasteiger partial charge < -0.3 is 15.1 Å². The molecule has 1 aromatic rings. The second-order valence-electron chi connectivity index (χ2n) is 5.52. The first-order valence-corrected chi connectivity index (χ1v) is 9.84. The van der Waals surface area contributed by atoms with Gasteiger partial charge in [-0.1, -0.05) is 25.1 Å². The van der Waals surface area contributed by atoms with Crippen LogP contribution in [0.25, 0.3) is 0 Å². The standard InChI is InChI=1S/C16H26N4O2S/c1-3-23(21,22)14-9-18-16(17-2)20-12-10-19(11-13-20)15-7-5-4-6-8-15/h4-8H,3,9-14H2,1-2H3,(H,17,18). The quantitative estimate of drug-likeness (QED) is 0.636. The van der Waals surface area contributed by atoms with Crippen molar-refractivity contribution in [2.24, 2.45) is 4.99 Å². The normalized spacial score (nSPS) is 16.5. The van der Waals surface area contributed by atoms with Crippen molar-refractivity contribution in [2.45, 2.75) is 6.92 Å². The molecule has 1 aliphatic heterocycles. The minimum Gasteiger partial charge on any atom is -0.368 e. The summed E-state index contributed by atoms with van der Waals surface area (Å²) in [5, 5.41) is 3.16. The lowest BCUT2D eigenvalue weighted by molar-refractivity contribution is 0.373. The molecular formula is C16H26N4O2S. The molecule has 7 heteroatoms. The van der Waals surface area contributed by atoms with Gasteiger partial charge in [-0.15, -0.1) is 0 Å². The molecule has 23 heavy (non-hydrogen) atoms. The summed E-state index contributed by atoms with van der Waals surface area (Å²) < 4.78 is 23.1. The zero-order valence-electron chi connectivity index (χ0n) is 13.9. The number of para-hydroxylation sites is 1. The first-order valence-electron chi connectivity index (χ1n) is 8.01. The predicted molar refractivity (Wildman–Crippen MR) is 95.9 cm³/mol. The van der Waals surface area contributed by atoms with Crippen LogP contribution in [0.3, 0.4) is 0 Å². The molecule has 1 aliphatic rings. The summed E-state index contributed by atoms with van der Waals surface area (Å²) in [6.45, 7) is 5.68. The van der Waals surface area contributed by atoms with Crippen molar-refractivity contribution < 1.29 is 8.42 Å². The average molecular weight is 338 g/mol. The third kappa shape index (κ3) is 5.13. The van der Waals surface area contributed by atoms with Gasteiger partial charge in [0.25, 0.3) is 0 Å². The van der Waals surface area contributed by atoms with Crippen LogP contribution in [0, 0.1) is 0 Å². The third-order valence-electron chi connectivity index (χ3n) is 4.05. The Morgan fingerprint density at radius 1 is 1.17 bits per heavy atom. The Kier molecular flexibility index (Phi) is 6.27. The van der Waals surface area contributed by atoms with Crippen LogP contribution in [-0.2, 0) is 9.84 Å². The van der Waals surface area contributed by atoms with E-state index in [-0.39, 0.29) is 11.5 Å². The number of hydrogen-bond acceptors (Lipinski definition) is 4. The second-order valence-corrected chi connectivity index (χ2v) is 7.99. The van der Waals surface area contributed by atoms with E-state index < -0.39 is 9.84 Å². The molecule has 1 saturated heterocycles. The molecule has 0 spiro atoms. The first-order chi connectivity index (χ1) is 11.1. The molecule has 0 bridgehead atoms. The van der Waals surface area contributed by atoms with Gasteiger partial charge in [0.15, 0.2) is 15.8 Å². The van der Waals surface area contributed by atoms with Crippen LogP contribution in [0.5, 0.6) is 0 Å². The molecule has 0 aromatic heterocycles. The lowest BCUT2D eigenvalue weighted by Gasteiger charge is -2.37. The smallest absolute Gasteiger partial charge is 0.193 e. The van der Waals surface area contributed by atoms with Gasteiger partial charge in [-0.3, -0.25) is 4.99 Å². The molecule has 0 aliphatic carbocycles. The number of piperazine rings is 1. The third-order valence-corrected chi connectivity index (χ3v) is 5.75. The molecule has 0 atom stereocenters. The summed E-state index contributed by atoms with van der Waals surface area (Å²) in [6.07, 6.45) is 0. The fourth-order valence-corrected chi connectivity index (χ4v) is 3.31. The number of rotatable bonds is 5. The highest BCUT2D eigenvalue weighted by molar-refractivity contribution is 7.91. The van der Waals surface area contributed by atoms with Crippen LogP contribution in [0.4, 0.5) is 5.69 Å². The van der Waals surface area contributed by atoms with Crippen molar-refractivity contribution >= 4 is 21.5 Å². The van der Waals surface area contributed by atoms with Crippen molar-refractivity contribution in [1.29, 1.82) is 0 Å². The van der Waals surface area contributed by atoms with Crippen molar-refractivity contribution in [3.63, 3.8) is 0 Å². The number of sulfone groups is 1. The Labute approximate surface area is 139 Å². The van der Waals surface area contributed by atoms with Crippen LogP contribution < -0.4 is 10.2 Å². The summed E-state index contributed by atoms with van der Waals surface area (Å²) in [7, 11) is -1.21. The van der Waals surface area contributed by atoms with Gasteiger partial charge in [-0.05, 0) is 12.1 Å². The summed E-state index contributed by atoms with van der Waals surface area (Å²) in [5.41, 5.74) is 1.24. The fraction of sp³-hybridized carbons (Fsp3) is 0.562. The molecule has 0 saturated carbocycles. The van der Waals surface area contributed by atoms with Crippen LogP contribution >= 0.6 is 0 Å². The Morgan fingerprint density at radius 3 is 2.39 bits per heavy atom. The van der Waals surface area contributed by atoms with E-state index in [9.17, 15) is 8.42 Å². The lowest BCUT2D eigenvalue weighted by Crippen LogP contribution is -2.53. The van der Waals surface area contributed by atoms with E-state index in [1.54, 1.807) is 14.0 Å². The fourth-order valence-electron chi connectivity index (χ4n) is 2.61. The molecule has 1 aromatic carbocycles. The summed E-state index contributed by atoms with van der Waals surface area (Å²) in [4.78, 5) is 8.80. The first kappa shape index (κ1) is 17.6. The molecule has 128 valence electrons. The molecule has 0 radical (unpaired) electrons. The van der Waals surface area contributed by atoms with E-state index in [1.165, 1.54) is 5.69 Å². The number of anilines is 1. The van der Waals surface area contributed by atoms with E-state index in [4.69, 9.17) is 0 Å². The lowest BCUT2D eigenvalue weighted by atomic mass is 10.2. The Balaban J connectivity index is 1.83. The topological polar surface area (TPSA) is 65.0 Å². The average Bonchev–Trinajstić information content (AvgIpc) is 2.60. The molecule has 2 rings (SSSR count). The van der Waals surface area contributed by atoms with Crippen LogP contribution in [0.15, 0.2) is 35.3 Å². The molecular weight excluding hydrogens is 312 g/mol. The Hall–Kier alpha value is -1.76. The van der Waals surface area contributed by atoms with Crippen LogP contribution in [-0.4, -0.2) is 70.6 Å². The Bertz CT molecular complexity index is 608. The largest absolute Gasteiger partial charge is 0.368 e. The monoisotopic (exact) mass is 338 g/mol. The highest BCUT2D eigenvalue weighted by atomic mass is 32.2. The van der Waals surface area contributed by atoms with E-state index in [0.717, 1.165) is 32.1 Å². The minimum absolute atomic E-state index is 0.145. The Morgan fingerprint density at radius 2 is 1.83 bits per heavy atom. The SMILES string of the molecule is CCS(=O)(=O)CCNC(=NC)N1CCN(c2ccccc2)CC1. The zero-order valence-corrected chi connectivity index (χ0v) is 14.7. The summed E-state index contributed by atoms with van der Waals surface area (Å²) in [5.74, 6) is 1.11. The van der Waals surface area contributed by atoms with Gasteiger partial charge in [0.2, 0.25) is 0 Å². The van der Waals surface area contributed by atoms with Crippen LogP contribution in [0.1, 0.15) is 6.92 Å². The maximum atomic E-state index is 11.5. The number of benzene rings is 1. The van der Waals surface area contributed by atoms with Gasteiger partial charge in [-0.25, -0.2) is 8.42 Å². The van der Waals surface area contributed by atoms with Gasteiger partial charge >= 0.3 is 0 Å². The van der Waals surface area contributed by atoms with Gasteiger partial charge in [0.05, 0.1) is 5.75 Å². The number of nitrogens with one attached hydrogen (secondary N) is 1. The van der Waals surface area contributed by atoms with E-state index in [0.29, 0.717) is 6.54 Å². The number of nitrogens with zero attached hydrogens (tertiary/aromatic N) is 3. The predicted octanol–water partition coefficient (Wildman–Crippen LogP) is 0.819. The van der Waals surface area contributed by atoms with Crippen molar-refractivity contribution in [2.75, 3.05) is 56.2 Å². The van der Waals surface area contributed by atoms with Crippen molar-refractivity contribution in [1.82, 2.24) is 10.2 Å². The molecule has 1 N–H and O–H groups in total. The maximum Gasteiger partial charge on any atom is 0.193 e. The molecule has 1 heterocycles. The molecule has 6 nitrogen and oxygen atoms in total. The number of hydrogen-bond donors (Lipinski definition) is 1. The second kappa shape index (κ2) is 8.19. The minimum atomic E-state index is -2.94. The van der Waals surface area contributed by atoms with Gasteiger partial charge in [-0.2, -0.15) is 0 Å². The van der Waals surface area contributed by atoms with Crippen molar-refractivity contribution in [3.8, 4) is 0 Å². The van der Waals surface area contributed by atoms with E-state index in [2.05, 4.69) is 44.4 Å². The van der Waals surface area contributed by atoms with Gasteiger partial charge in [0, 0.05) is 51.2 Å². The van der Waals surface area contributed by atoms with E-state index in [1.807, 2.05) is 6.07 Å². The zero-order chi connectivity index (χ0) is 16.7. The number of aliphatic imine (C=N–C) groups is 1.